The second kappa shape index (κ2) is 10.4. The van der Waals surface area contributed by atoms with Gasteiger partial charge in [-0.3, -0.25) is 9.98 Å². The van der Waals surface area contributed by atoms with Crippen molar-refractivity contribution >= 4 is 5.96 Å². The number of aryl methyl sites for hydroxylation is 1. The molecule has 25 heavy (non-hydrogen) atoms. The van der Waals surface area contributed by atoms with Crippen molar-refractivity contribution in [2.24, 2.45) is 10.4 Å². The second-order valence-corrected chi connectivity index (χ2v) is 7.13. The topological polar surface area (TPSA) is 58.5 Å². The Morgan fingerprint density at radius 1 is 1.28 bits per heavy atom. The van der Waals surface area contributed by atoms with Crippen LogP contribution >= 0.6 is 0 Å². The number of ether oxygens (including phenoxy) is 1. The number of nitrogens with one attached hydrogen (secondary N) is 2. The first-order chi connectivity index (χ1) is 12.2. The molecule has 140 valence electrons. The fourth-order valence-corrected chi connectivity index (χ4v) is 3.49. The van der Waals surface area contributed by atoms with Gasteiger partial charge in [-0.1, -0.05) is 18.9 Å². The number of pyridine rings is 1. The van der Waals surface area contributed by atoms with Gasteiger partial charge in [0, 0.05) is 45.2 Å². The van der Waals surface area contributed by atoms with Crippen molar-refractivity contribution in [3.63, 3.8) is 0 Å². The number of aliphatic imine (C=N–C) groups is 1. The van der Waals surface area contributed by atoms with Crippen LogP contribution in [0.3, 0.4) is 0 Å². The number of guanidine groups is 1. The van der Waals surface area contributed by atoms with Gasteiger partial charge < -0.3 is 15.4 Å². The zero-order valence-electron chi connectivity index (χ0n) is 16.1. The zero-order valence-corrected chi connectivity index (χ0v) is 16.1. The van der Waals surface area contributed by atoms with Gasteiger partial charge in [0.1, 0.15) is 0 Å². The van der Waals surface area contributed by atoms with Crippen molar-refractivity contribution in [2.45, 2.75) is 52.4 Å². The van der Waals surface area contributed by atoms with Crippen molar-refractivity contribution in [2.75, 3.05) is 33.4 Å². The maximum atomic E-state index is 5.32. The van der Waals surface area contributed by atoms with Crippen LogP contribution in [0.1, 0.15) is 50.3 Å². The van der Waals surface area contributed by atoms with Crippen molar-refractivity contribution in [3.8, 4) is 0 Å². The number of nitrogens with zero attached hydrogens (tertiary/aromatic N) is 2. The predicted molar refractivity (Wildman–Crippen MR) is 104 cm³/mol. The molecule has 1 saturated carbocycles. The molecule has 1 aromatic rings. The fraction of sp³-hybridized carbons (Fsp3) is 0.700. The molecule has 0 amide bonds. The summed E-state index contributed by atoms with van der Waals surface area (Å²) in [5, 5.41) is 6.83. The molecule has 5 nitrogen and oxygen atoms in total. The van der Waals surface area contributed by atoms with E-state index in [4.69, 9.17) is 9.73 Å². The molecule has 1 aliphatic rings. The number of rotatable bonds is 9. The van der Waals surface area contributed by atoms with Gasteiger partial charge in [0.25, 0.3) is 0 Å². The summed E-state index contributed by atoms with van der Waals surface area (Å²) in [6.45, 7) is 7.58. The Morgan fingerprint density at radius 3 is 2.72 bits per heavy atom. The summed E-state index contributed by atoms with van der Waals surface area (Å²) in [4.78, 5) is 9.24. The average molecular weight is 347 g/mol. The van der Waals surface area contributed by atoms with Crippen molar-refractivity contribution in [1.82, 2.24) is 15.6 Å². The van der Waals surface area contributed by atoms with Gasteiger partial charge in [0.2, 0.25) is 0 Å². The van der Waals surface area contributed by atoms with E-state index in [0.29, 0.717) is 5.41 Å². The average Bonchev–Trinajstić information content (AvgIpc) is 3.09. The Labute approximate surface area is 152 Å². The van der Waals surface area contributed by atoms with Crippen LogP contribution in [0.4, 0.5) is 0 Å². The molecule has 2 rings (SSSR count). The molecule has 1 aliphatic carbocycles. The van der Waals surface area contributed by atoms with Crippen LogP contribution in [-0.4, -0.2) is 44.3 Å². The third-order valence-electron chi connectivity index (χ3n) is 5.10. The highest BCUT2D eigenvalue weighted by Gasteiger charge is 2.33. The van der Waals surface area contributed by atoms with E-state index >= 15 is 0 Å². The summed E-state index contributed by atoms with van der Waals surface area (Å²) >= 11 is 0. The molecular weight excluding hydrogens is 312 g/mol. The SMILES string of the molecule is CCNC(=NCC1(CCOC)CCCC1)NCCc1ccc(C)nc1. The lowest BCUT2D eigenvalue weighted by Crippen LogP contribution is -2.39. The van der Waals surface area contributed by atoms with Crippen LogP contribution < -0.4 is 10.6 Å². The number of aromatic nitrogens is 1. The molecule has 0 radical (unpaired) electrons. The van der Waals surface area contributed by atoms with Crippen LogP contribution in [0, 0.1) is 12.3 Å². The largest absolute Gasteiger partial charge is 0.385 e. The highest BCUT2D eigenvalue weighted by molar-refractivity contribution is 5.79. The summed E-state index contributed by atoms with van der Waals surface area (Å²) in [7, 11) is 1.79. The summed E-state index contributed by atoms with van der Waals surface area (Å²) < 4.78 is 5.32. The third-order valence-corrected chi connectivity index (χ3v) is 5.10. The van der Waals surface area contributed by atoms with Crippen molar-refractivity contribution < 1.29 is 4.74 Å². The number of hydrogen-bond donors (Lipinski definition) is 2. The molecule has 0 saturated heterocycles. The first-order valence-corrected chi connectivity index (χ1v) is 9.60. The lowest BCUT2D eigenvalue weighted by molar-refractivity contribution is 0.141. The summed E-state index contributed by atoms with van der Waals surface area (Å²) in [6.07, 6.45) is 9.21. The maximum Gasteiger partial charge on any atom is 0.191 e. The zero-order chi connectivity index (χ0) is 18.0. The van der Waals surface area contributed by atoms with E-state index in [1.807, 2.05) is 13.1 Å². The molecular formula is C20H34N4O. The molecule has 0 aromatic carbocycles. The Balaban J connectivity index is 1.87. The molecule has 0 unspecified atom stereocenters. The van der Waals surface area contributed by atoms with Gasteiger partial charge >= 0.3 is 0 Å². The first-order valence-electron chi connectivity index (χ1n) is 9.60. The lowest BCUT2D eigenvalue weighted by atomic mass is 9.83. The third kappa shape index (κ3) is 6.65. The van der Waals surface area contributed by atoms with Gasteiger partial charge in [-0.15, -0.1) is 0 Å². The standard InChI is InChI=1S/C20H34N4O/c1-4-21-19(22-13-9-18-8-7-17(2)23-15-18)24-16-20(12-14-25-3)10-5-6-11-20/h7-8,15H,4-6,9-14,16H2,1-3H3,(H2,21,22,24). The highest BCUT2D eigenvalue weighted by atomic mass is 16.5. The van der Waals surface area contributed by atoms with Gasteiger partial charge in [-0.25, -0.2) is 0 Å². The van der Waals surface area contributed by atoms with Crippen LogP contribution in [0.15, 0.2) is 23.3 Å². The molecule has 1 heterocycles. The van der Waals surface area contributed by atoms with Crippen molar-refractivity contribution in [1.29, 1.82) is 0 Å². The van der Waals surface area contributed by atoms with E-state index in [1.54, 1.807) is 7.11 Å². The first kappa shape index (κ1) is 19.7. The minimum absolute atomic E-state index is 0.333. The van der Waals surface area contributed by atoms with E-state index < -0.39 is 0 Å². The molecule has 0 aliphatic heterocycles. The minimum Gasteiger partial charge on any atom is -0.385 e. The molecule has 5 heteroatoms. The molecule has 1 aromatic heterocycles. The van der Waals surface area contributed by atoms with Crippen LogP contribution in [-0.2, 0) is 11.2 Å². The molecule has 0 spiro atoms. The van der Waals surface area contributed by atoms with E-state index in [2.05, 4.69) is 34.7 Å². The van der Waals surface area contributed by atoms with E-state index in [1.165, 1.54) is 31.2 Å². The Kier molecular flexibility index (Phi) is 8.19. The monoisotopic (exact) mass is 346 g/mol. The Hall–Kier alpha value is -1.62. The Morgan fingerprint density at radius 2 is 2.08 bits per heavy atom. The normalized spacial score (nSPS) is 16.8. The van der Waals surface area contributed by atoms with Crippen molar-refractivity contribution in [3.05, 3.63) is 29.6 Å². The van der Waals surface area contributed by atoms with Crippen LogP contribution in [0.25, 0.3) is 0 Å². The molecule has 1 fully saturated rings. The number of methoxy groups -OCH3 is 1. The lowest BCUT2D eigenvalue weighted by Gasteiger charge is -2.27. The quantitative estimate of drug-likeness (QED) is 0.533. The highest BCUT2D eigenvalue weighted by Crippen LogP contribution is 2.41. The second-order valence-electron chi connectivity index (χ2n) is 7.13. The fourth-order valence-electron chi connectivity index (χ4n) is 3.49. The van der Waals surface area contributed by atoms with Crippen LogP contribution in [0.2, 0.25) is 0 Å². The minimum atomic E-state index is 0.333. The maximum absolute atomic E-state index is 5.32. The summed E-state index contributed by atoms with van der Waals surface area (Å²) in [5.74, 6) is 0.922. The summed E-state index contributed by atoms with van der Waals surface area (Å²) in [6, 6.07) is 4.21. The van der Waals surface area contributed by atoms with E-state index in [9.17, 15) is 0 Å². The number of hydrogen-bond acceptors (Lipinski definition) is 3. The van der Waals surface area contributed by atoms with E-state index in [0.717, 1.165) is 50.7 Å². The van der Waals surface area contributed by atoms with E-state index in [-0.39, 0.29) is 0 Å². The van der Waals surface area contributed by atoms with Gasteiger partial charge in [0.05, 0.1) is 0 Å². The predicted octanol–water partition coefficient (Wildman–Crippen LogP) is 3.08. The van der Waals surface area contributed by atoms with Gasteiger partial charge in [-0.05, 0) is 56.6 Å². The van der Waals surface area contributed by atoms with Gasteiger partial charge in [0.15, 0.2) is 5.96 Å². The Bertz CT molecular complexity index is 521. The summed E-state index contributed by atoms with van der Waals surface area (Å²) in [5.41, 5.74) is 2.64. The molecule has 2 N–H and O–H groups in total. The van der Waals surface area contributed by atoms with Gasteiger partial charge in [-0.2, -0.15) is 0 Å². The molecule has 0 bridgehead atoms. The van der Waals surface area contributed by atoms with Crippen LogP contribution in [0.5, 0.6) is 0 Å². The molecule has 0 atom stereocenters. The smallest absolute Gasteiger partial charge is 0.191 e.